The molecule has 1 aliphatic heterocycles. The van der Waals surface area contributed by atoms with Gasteiger partial charge in [0.1, 0.15) is 5.75 Å². The molecule has 31 heavy (non-hydrogen) atoms. The van der Waals surface area contributed by atoms with Crippen molar-refractivity contribution in [1.82, 2.24) is 20.4 Å². The van der Waals surface area contributed by atoms with Gasteiger partial charge in [0.2, 0.25) is 0 Å². The highest BCUT2D eigenvalue weighted by Gasteiger charge is 2.21. The van der Waals surface area contributed by atoms with Crippen molar-refractivity contribution in [3.63, 3.8) is 0 Å². The Bertz CT molecular complexity index is 989. The average Bonchev–Trinajstić information content (AvgIpc) is 3.33. The van der Waals surface area contributed by atoms with Crippen molar-refractivity contribution in [2.24, 2.45) is 4.99 Å². The van der Waals surface area contributed by atoms with E-state index in [2.05, 4.69) is 66.0 Å². The number of nitrogens with one attached hydrogen (secondary N) is 2. The first-order chi connectivity index (χ1) is 14.7. The number of hydrogen-bond donors (Lipinski definition) is 2. The van der Waals surface area contributed by atoms with Gasteiger partial charge in [-0.1, -0.05) is 30.3 Å². The molecule has 2 unspecified atom stereocenters. The van der Waals surface area contributed by atoms with E-state index in [0.29, 0.717) is 5.92 Å². The predicted octanol–water partition coefficient (Wildman–Crippen LogP) is 4.67. The van der Waals surface area contributed by atoms with Crippen LogP contribution in [-0.4, -0.2) is 35.4 Å². The van der Waals surface area contributed by atoms with Crippen LogP contribution in [0.3, 0.4) is 0 Å². The summed E-state index contributed by atoms with van der Waals surface area (Å²) in [6.07, 6.45) is 4.73. The molecule has 0 amide bonds. The highest BCUT2D eigenvalue weighted by Crippen LogP contribution is 2.33. The summed E-state index contributed by atoms with van der Waals surface area (Å²) in [7, 11) is 0. The lowest BCUT2D eigenvalue weighted by Gasteiger charge is -2.25. The third-order valence-electron chi connectivity index (χ3n) is 5.39. The second-order valence-corrected chi connectivity index (χ2v) is 7.50. The third-order valence-corrected chi connectivity index (χ3v) is 5.39. The van der Waals surface area contributed by atoms with Crippen molar-refractivity contribution in [1.29, 1.82) is 0 Å². The SMILES string of the molecule is CCNC(=NCC1CCOc2ccccc21)NC(C)c1cccc(-n2cccn2)c1.I. The van der Waals surface area contributed by atoms with Gasteiger partial charge in [-0.05, 0) is 55.7 Å². The second kappa shape index (κ2) is 11.2. The number of fused-ring (bicyclic) bond motifs is 1. The Labute approximate surface area is 201 Å². The fraction of sp³-hybridized carbons (Fsp3) is 0.333. The van der Waals surface area contributed by atoms with Crippen LogP contribution in [0.4, 0.5) is 0 Å². The third kappa shape index (κ3) is 5.78. The van der Waals surface area contributed by atoms with Gasteiger partial charge in [-0.3, -0.25) is 4.99 Å². The first kappa shape index (κ1) is 23.1. The zero-order chi connectivity index (χ0) is 20.8. The molecule has 164 valence electrons. The number of ether oxygens (including phenoxy) is 1. The van der Waals surface area contributed by atoms with E-state index in [4.69, 9.17) is 9.73 Å². The van der Waals surface area contributed by atoms with Gasteiger partial charge in [-0.2, -0.15) is 5.10 Å². The molecule has 2 heterocycles. The van der Waals surface area contributed by atoms with Gasteiger partial charge in [0.05, 0.1) is 18.3 Å². The van der Waals surface area contributed by atoms with Crippen LogP contribution in [-0.2, 0) is 0 Å². The van der Waals surface area contributed by atoms with E-state index in [1.165, 1.54) is 11.1 Å². The molecule has 0 aliphatic carbocycles. The van der Waals surface area contributed by atoms with Gasteiger partial charge in [0.25, 0.3) is 0 Å². The molecule has 2 aromatic carbocycles. The summed E-state index contributed by atoms with van der Waals surface area (Å²) in [5, 5.41) is 11.3. The zero-order valence-corrected chi connectivity index (χ0v) is 20.3. The van der Waals surface area contributed by atoms with Crippen molar-refractivity contribution in [3.8, 4) is 11.4 Å². The summed E-state index contributed by atoms with van der Waals surface area (Å²) in [6, 6.07) is 18.7. The predicted molar refractivity (Wildman–Crippen MR) is 136 cm³/mol. The molecular weight excluding hydrogens is 501 g/mol. The number of rotatable bonds is 6. The summed E-state index contributed by atoms with van der Waals surface area (Å²) < 4.78 is 7.66. The number of aliphatic imine (C=N–C) groups is 1. The van der Waals surface area contributed by atoms with Crippen molar-refractivity contribution < 1.29 is 4.74 Å². The minimum absolute atomic E-state index is 0. The Hall–Kier alpha value is -2.55. The molecule has 2 N–H and O–H groups in total. The highest BCUT2D eigenvalue weighted by atomic mass is 127. The fourth-order valence-corrected chi connectivity index (χ4v) is 3.77. The standard InChI is InChI=1S/C24H29N5O.HI/c1-3-25-24(26-17-20-12-15-30-23-11-5-4-10-22(20)23)28-18(2)19-8-6-9-21(16-19)29-14-7-13-27-29;/h4-11,13-14,16,18,20H,3,12,15,17H2,1-2H3,(H2,25,26,28);1H. The smallest absolute Gasteiger partial charge is 0.191 e. The Morgan fingerprint density at radius 3 is 2.90 bits per heavy atom. The second-order valence-electron chi connectivity index (χ2n) is 7.50. The highest BCUT2D eigenvalue weighted by molar-refractivity contribution is 14.0. The van der Waals surface area contributed by atoms with Crippen LogP contribution in [0.15, 0.2) is 72.0 Å². The zero-order valence-electron chi connectivity index (χ0n) is 18.0. The number of benzene rings is 2. The van der Waals surface area contributed by atoms with E-state index in [1.54, 1.807) is 6.20 Å². The number of aromatic nitrogens is 2. The first-order valence-corrected chi connectivity index (χ1v) is 10.6. The minimum atomic E-state index is 0. The Balaban J connectivity index is 0.00000272. The average molecular weight is 531 g/mol. The molecule has 0 saturated carbocycles. The van der Waals surface area contributed by atoms with Crippen molar-refractivity contribution >= 4 is 29.9 Å². The topological polar surface area (TPSA) is 63.5 Å². The molecule has 4 rings (SSSR count). The van der Waals surface area contributed by atoms with Crippen molar-refractivity contribution in [3.05, 3.63) is 78.1 Å². The lowest BCUT2D eigenvalue weighted by Crippen LogP contribution is -2.39. The summed E-state index contributed by atoms with van der Waals surface area (Å²) in [6.45, 7) is 6.53. The van der Waals surface area contributed by atoms with E-state index >= 15 is 0 Å². The molecule has 0 bridgehead atoms. The summed E-state index contributed by atoms with van der Waals surface area (Å²) in [4.78, 5) is 4.90. The van der Waals surface area contributed by atoms with Gasteiger partial charge in [-0.25, -0.2) is 4.68 Å². The van der Waals surface area contributed by atoms with Crippen LogP contribution in [0, 0.1) is 0 Å². The Morgan fingerprint density at radius 1 is 1.23 bits per heavy atom. The van der Waals surface area contributed by atoms with Gasteiger partial charge >= 0.3 is 0 Å². The summed E-state index contributed by atoms with van der Waals surface area (Å²) >= 11 is 0. The molecule has 7 heteroatoms. The molecule has 0 radical (unpaired) electrons. The minimum Gasteiger partial charge on any atom is -0.493 e. The normalized spacial score (nSPS) is 16.5. The monoisotopic (exact) mass is 531 g/mol. The van der Waals surface area contributed by atoms with Gasteiger partial charge in [-0.15, -0.1) is 24.0 Å². The van der Waals surface area contributed by atoms with E-state index in [-0.39, 0.29) is 30.0 Å². The molecule has 1 aromatic heterocycles. The largest absolute Gasteiger partial charge is 0.493 e. The van der Waals surface area contributed by atoms with Crippen LogP contribution < -0.4 is 15.4 Å². The van der Waals surface area contributed by atoms with E-state index in [0.717, 1.165) is 43.5 Å². The molecule has 0 spiro atoms. The van der Waals surface area contributed by atoms with Crippen LogP contribution in [0.25, 0.3) is 5.69 Å². The van der Waals surface area contributed by atoms with Crippen LogP contribution in [0.5, 0.6) is 5.75 Å². The fourth-order valence-electron chi connectivity index (χ4n) is 3.77. The first-order valence-electron chi connectivity index (χ1n) is 10.6. The van der Waals surface area contributed by atoms with Crippen LogP contribution in [0.1, 0.15) is 43.4 Å². The summed E-state index contributed by atoms with van der Waals surface area (Å²) in [5.41, 5.74) is 3.49. The lowest BCUT2D eigenvalue weighted by molar-refractivity contribution is 0.269. The molecule has 3 aromatic rings. The number of guanidine groups is 1. The van der Waals surface area contributed by atoms with Crippen LogP contribution in [0.2, 0.25) is 0 Å². The quantitative estimate of drug-likeness (QED) is 0.276. The number of para-hydroxylation sites is 1. The molecular formula is C24H30IN5O. The van der Waals surface area contributed by atoms with Gasteiger partial charge in [0, 0.05) is 31.4 Å². The van der Waals surface area contributed by atoms with E-state index in [1.807, 2.05) is 29.1 Å². The maximum atomic E-state index is 5.79. The van der Waals surface area contributed by atoms with E-state index < -0.39 is 0 Å². The maximum absolute atomic E-state index is 5.79. The Morgan fingerprint density at radius 2 is 2.10 bits per heavy atom. The molecule has 0 fully saturated rings. The molecule has 0 saturated heterocycles. The van der Waals surface area contributed by atoms with Crippen LogP contribution >= 0.6 is 24.0 Å². The molecule has 2 atom stereocenters. The Kier molecular flexibility index (Phi) is 8.34. The number of halogens is 1. The van der Waals surface area contributed by atoms with Crippen molar-refractivity contribution in [2.45, 2.75) is 32.2 Å². The van der Waals surface area contributed by atoms with Gasteiger partial charge in [0.15, 0.2) is 5.96 Å². The lowest BCUT2D eigenvalue weighted by atomic mass is 9.93. The van der Waals surface area contributed by atoms with Crippen molar-refractivity contribution in [2.75, 3.05) is 19.7 Å². The molecule has 1 aliphatic rings. The summed E-state index contributed by atoms with van der Waals surface area (Å²) in [5.74, 6) is 2.20. The van der Waals surface area contributed by atoms with Gasteiger partial charge < -0.3 is 15.4 Å². The maximum Gasteiger partial charge on any atom is 0.191 e. The van der Waals surface area contributed by atoms with E-state index in [9.17, 15) is 0 Å². The number of nitrogens with zero attached hydrogens (tertiary/aromatic N) is 3. The molecule has 6 nitrogen and oxygen atoms in total. The number of hydrogen-bond acceptors (Lipinski definition) is 3.